The zero-order valence-electron chi connectivity index (χ0n) is 16.1. The van der Waals surface area contributed by atoms with Crippen LogP contribution in [0, 0.1) is 0 Å². The molecule has 1 amide bonds. The van der Waals surface area contributed by atoms with Gasteiger partial charge in [-0.25, -0.2) is 0 Å². The summed E-state index contributed by atoms with van der Waals surface area (Å²) in [5.74, 6) is -0.100. The third-order valence-electron chi connectivity index (χ3n) is 4.60. The lowest BCUT2D eigenvalue weighted by molar-refractivity contribution is 0.00847. The number of nitrogens with one attached hydrogen (secondary N) is 1. The molecule has 2 aromatic rings. The van der Waals surface area contributed by atoms with E-state index in [1.807, 2.05) is 60.7 Å². The van der Waals surface area contributed by atoms with Crippen LogP contribution in [0.4, 0.5) is 0 Å². The Hall–Kier alpha value is -2.67. The Morgan fingerprint density at radius 2 is 1.96 bits per heavy atom. The molecule has 1 atom stereocenters. The molecule has 2 aromatic carbocycles. The fourth-order valence-electron chi connectivity index (χ4n) is 3.26. The summed E-state index contributed by atoms with van der Waals surface area (Å²) in [5, 5.41) is 3.18. The molecule has 0 aliphatic carbocycles. The third kappa shape index (κ3) is 5.42. The van der Waals surface area contributed by atoms with Gasteiger partial charge in [0.25, 0.3) is 5.91 Å². The van der Waals surface area contributed by atoms with Crippen molar-refractivity contribution in [2.45, 2.75) is 6.17 Å². The molecule has 0 saturated carbocycles. The number of amides is 1. The van der Waals surface area contributed by atoms with Crippen LogP contribution in [0.15, 0.2) is 60.3 Å². The molecule has 1 aliphatic rings. The van der Waals surface area contributed by atoms with Crippen LogP contribution in [0.5, 0.6) is 0 Å². The normalized spacial score (nSPS) is 16.5. The van der Waals surface area contributed by atoms with Crippen LogP contribution in [0.3, 0.4) is 0 Å². The number of rotatable bonds is 7. The lowest BCUT2D eigenvalue weighted by Crippen LogP contribution is -2.46. The summed E-state index contributed by atoms with van der Waals surface area (Å²) in [6, 6.07) is 17.3. The lowest BCUT2D eigenvalue weighted by Gasteiger charge is -2.35. The van der Waals surface area contributed by atoms with Crippen molar-refractivity contribution < 1.29 is 14.3 Å². The van der Waals surface area contributed by atoms with Crippen molar-refractivity contribution >= 4 is 12.0 Å². The van der Waals surface area contributed by atoms with Crippen molar-refractivity contribution in [2.75, 3.05) is 40.0 Å². The number of morpholine rings is 1. The average Bonchev–Trinajstić information content (AvgIpc) is 2.73. The Morgan fingerprint density at radius 1 is 1.21 bits per heavy atom. The fourth-order valence-corrected chi connectivity index (χ4v) is 3.26. The predicted octanol–water partition coefficient (Wildman–Crippen LogP) is 2.39. The number of carbonyl (C=O) groups is 1. The molecule has 6 nitrogen and oxygen atoms in total. The summed E-state index contributed by atoms with van der Waals surface area (Å²) >= 11 is 0. The van der Waals surface area contributed by atoms with E-state index in [4.69, 9.17) is 15.2 Å². The second-order valence-corrected chi connectivity index (χ2v) is 6.71. The maximum atomic E-state index is 12.8. The predicted molar refractivity (Wildman–Crippen MR) is 110 cm³/mol. The van der Waals surface area contributed by atoms with Gasteiger partial charge in [-0.05, 0) is 35.4 Å². The number of carbonyl (C=O) groups excluding carboxylic acids is 1. The summed E-state index contributed by atoms with van der Waals surface area (Å²) < 4.78 is 10.6. The number of benzene rings is 2. The molecule has 0 bridgehead atoms. The van der Waals surface area contributed by atoms with E-state index < -0.39 is 0 Å². The number of hydrogen-bond acceptors (Lipinski definition) is 5. The minimum atomic E-state index is -0.242. The van der Waals surface area contributed by atoms with Gasteiger partial charge in [0.2, 0.25) is 0 Å². The second kappa shape index (κ2) is 10.0. The number of hydrogen-bond donors (Lipinski definition) is 2. The molecule has 1 saturated heterocycles. The lowest BCUT2D eigenvalue weighted by atomic mass is 10.1. The molecule has 148 valence electrons. The van der Waals surface area contributed by atoms with Gasteiger partial charge < -0.3 is 20.5 Å². The van der Waals surface area contributed by atoms with Crippen molar-refractivity contribution in [1.82, 2.24) is 10.2 Å². The second-order valence-electron chi connectivity index (χ2n) is 6.71. The minimum absolute atomic E-state index is 0.100. The maximum absolute atomic E-state index is 12.8. The van der Waals surface area contributed by atoms with Crippen LogP contribution in [0.25, 0.3) is 6.08 Å². The van der Waals surface area contributed by atoms with Crippen LogP contribution < -0.4 is 11.1 Å². The molecule has 3 rings (SSSR count). The largest absolute Gasteiger partial charge is 0.400 e. The van der Waals surface area contributed by atoms with E-state index in [0.717, 1.165) is 24.2 Å². The van der Waals surface area contributed by atoms with E-state index in [1.165, 1.54) is 0 Å². The van der Waals surface area contributed by atoms with Crippen molar-refractivity contribution in [2.24, 2.45) is 5.73 Å². The van der Waals surface area contributed by atoms with Gasteiger partial charge in [0, 0.05) is 31.5 Å². The minimum Gasteiger partial charge on any atom is -0.400 e. The first-order valence-electron chi connectivity index (χ1n) is 9.40. The molecule has 1 heterocycles. The van der Waals surface area contributed by atoms with Gasteiger partial charge in [0.15, 0.2) is 0 Å². The van der Waals surface area contributed by atoms with Crippen molar-refractivity contribution in [1.29, 1.82) is 0 Å². The molecular weight excluding hydrogens is 354 g/mol. The monoisotopic (exact) mass is 381 g/mol. The van der Waals surface area contributed by atoms with Gasteiger partial charge in [-0.3, -0.25) is 9.69 Å². The van der Waals surface area contributed by atoms with Crippen LogP contribution in [-0.2, 0) is 9.47 Å². The van der Waals surface area contributed by atoms with E-state index >= 15 is 0 Å². The smallest absolute Gasteiger partial charge is 0.252 e. The summed E-state index contributed by atoms with van der Waals surface area (Å²) in [4.78, 5) is 15.0. The van der Waals surface area contributed by atoms with E-state index in [9.17, 15) is 4.79 Å². The first kappa shape index (κ1) is 20.1. The number of methoxy groups -OCH3 is 1. The van der Waals surface area contributed by atoms with E-state index in [-0.39, 0.29) is 12.1 Å². The Balaban J connectivity index is 1.86. The van der Waals surface area contributed by atoms with Gasteiger partial charge in [0.1, 0.15) is 6.17 Å². The topological polar surface area (TPSA) is 76.8 Å². The first-order valence-corrected chi connectivity index (χ1v) is 9.40. The molecule has 1 fully saturated rings. The van der Waals surface area contributed by atoms with Crippen LogP contribution in [0.1, 0.15) is 27.7 Å². The summed E-state index contributed by atoms with van der Waals surface area (Å²) in [5.41, 5.74) is 9.25. The molecule has 0 radical (unpaired) electrons. The van der Waals surface area contributed by atoms with Gasteiger partial charge in [0.05, 0.1) is 19.8 Å². The van der Waals surface area contributed by atoms with Crippen molar-refractivity contribution in [3.8, 4) is 0 Å². The highest BCUT2D eigenvalue weighted by molar-refractivity contribution is 5.94. The van der Waals surface area contributed by atoms with Crippen molar-refractivity contribution in [3.05, 3.63) is 77.0 Å². The number of nitrogens with zero attached hydrogens (tertiary/aromatic N) is 1. The summed E-state index contributed by atoms with van der Waals surface area (Å²) in [7, 11) is 1.62. The zero-order chi connectivity index (χ0) is 19.8. The van der Waals surface area contributed by atoms with Gasteiger partial charge in [-0.2, -0.15) is 0 Å². The highest BCUT2D eigenvalue weighted by atomic mass is 16.5. The van der Waals surface area contributed by atoms with E-state index in [1.54, 1.807) is 7.11 Å². The molecule has 28 heavy (non-hydrogen) atoms. The Bertz CT molecular complexity index is 802. The van der Waals surface area contributed by atoms with Gasteiger partial charge in [-0.1, -0.05) is 36.4 Å². The standard InChI is InChI=1S/C22H27N3O3/c1-27-16-20(23)15-17-6-5-9-19(14-17)21(25-10-12-28-13-11-25)24-22(26)18-7-3-2-4-8-18/h2-9,14-15,21H,10-13,16,23H2,1H3,(H,24,26)/b20-15+. The highest BCUT2D eigenvalue weighted by Gasteiger charge is 2.24. The number of ether oxygens (including phenoxy) is 2. The van der Waals surface area contributed by atoms with Crippen LogP contribution in [-0.4, -0.2) is 50.8 Å². The molecular formula is C22H27N3O3. The average molecular weight is 381 g/mol. The molecule has 6 heteroatoms. The summed E-state index contributed by atoms with van der Waals surface area (Å²) in [6.45, 7) is 3.19. The van der Waals surface area contributed by atoms with Gasteiger partial charge in [-0.15, -0.1) is 0 Å². The Morgan fingerprint density at radius 3 is 2.68 bits per heavy atom. The summed E-state index contributed by atoms with van der Waals surface area (Å²) in [6.07, 6.45) is 1.65. The third-order valence-corrected chi connectivity index (χ3v) is 4.60. The zero-order valence-corrected chi connectivity index (χ0v) is 16.1. The first-order chi connectivity index (χ1) is 13.7. The van der Waals surface area contributed by atoms with Crippen LogP contribution >= 0.6 is 0 Å². The number of nitrogens with two attached hydrogens (primary N) is 1. The van der Waals surface area contributed by atoms with Crippen LogP contribution in [0.2, 0.25) is 0 Å². The Kier molecular flexibility index (Phi) is 7.19. The Labute approximate surface area is 165 Å². The highest BCUT2D eigenvalue weighted by Crippen LogP contribution is 2.22. The van der Waals surface area contributed by atoms with Crippen molar-refractivity contribution in [3.63, 3.8) is 0 Å². The molecule has 0 spiro atoms. The molecule has 1 aliphatic heterocycles. The van der Waals surface area contributed by atoms with E-state index in [2.05, 4.69) is 10.2 Å². The van der Waals surface area contributed by atoms with Gasteiger partial charge >= 0.3 is 0 Å². The SMILES string of the molecule is COC/C(N)=C\c1cccc(C(NC(=O)c2ccccc2)N2CCOCC2)c1. The molecule has 3 N–H and O–H groups in total. The molecule has 0 aromatic heterocycles. The molecule has 1 unspecified atom stereocenters. The van der Waals surface area contributed by atoms with E-state index in [0.29, 0.717) is 31.1 Å². The maximum Gasteiger partial charge on any atom is 0.252 e. The quantitative estimate of drug-likeness (QED) is 0.770. The fraction of sp³-hybridized carbons (Fsp3) is 0.318.